The summed E-state index contributed by atoms with van der Waals surface area (Å²) in [6, 6.07) is 14.9. The van der Waals surface area contributed by atoms with Crippen molar-refractivity contribution in [2.75, 3.05) is 11.1 Å². The molecule has 0 aliphatic carbocycles. The first-order valence-electron chi connectivity index (χ1n) is 8.95. The molecule has 0 aliphatic rings. The first kappa shape index (κ1) is 19.4. The fourth-order valence-corrected chi connectivity index (χ4v) is 4.34. The molecule has 0 spiro atoms. The van der Waals surface area contributed by atoms with E-state index in [0.717, 1.165) is 16.9 Å². The van der Waals surface area contributed by atoms with Crippen molar-refractivity contribution in [2.45, 2.75) is 19.0 Å². The number of hydrogen-bond acceptors (Lipinski definition) is 6. The Hall–Kier alpha value is -2.97. The van der Waals surface area contributed by atoms with Crippen LogP contribution in [0.15, 0.2) is 63.9 Å². The van der Waals surface area contributed by atoms with E-state index in [2.05, 4.69) is 15.3 Å². The van der Waals surface area contributed by atoms with Gasteiger partial charge in [0.05, 0.1) is 28.0 Å². The molecule has 29 heavy (non-hydrogen) atoms. The molecule has 0 radical (unpaired) electrons. The van der Waals surface area contributed by atoms with Crippen molar-refractivity contribution in [2.24, 2.45) is 0 Å². The van der Waals surface area contributed by atoms with Crippen molar-refractivity contribution in [1.29, 1.82) is 0 Å². The average Bonchev–Trinajstić information content (AvgIpc) is 3.12. The molecule has 146 valence electrons. The molecule has 6 nitrogen and oxygen atoms in total. The molecule has 0 aliphatic heterocycles. The van der Waals surface area contributed by atoms with Gasteiger partial charge in [0.2, 0.25) is 5.91 Å². The molecule has 8 heteroatoms. The van der Waals surface area contributed by atoms with Gasteiger partial charge in [-0.25, -0.2) is 9.97 Å². The van der Waals surface area contributed by atoms with Crippen molar-refractivity contribution in [3.05, 3.63) is 75.5 Å². The summed E-state index contributed by atoms with van der Waals surface area (Å²) in [4.78, 5) is 34.4. The number of aromatic nitrogens is 3. The number of aryl methyl sites for hydroxylation is 2. The van der Waals surface area contributed by atoms with E-state index in [-0.39, 0.29) is 17.2 Å². The van der Waals surface area contributed by atoms with Gasteiger partial charge >= 0.3 is 0 Å². The second-order valence-electron chi connectivity index (χ2n) is 6.52. The third-order valence-corrected chi connectivity index (χ3v) is 6.05. The van der Waals surface area contributed by atoms with Crippen LogP contribution in [0.5, 0.6) is 0 Å². The van der Waals surface area contributed by atoms with Crippen LogP contribution in [0, 0.1) is 13.8 Å². The third kappa shape index (κ3) is 4.23. The van der Waals surface area contributed by atoms with Gasteiger partial charge in [0.15, 0.2) is 10.3 Å². The number of carbonyl (C=O) groups is 1. The van der Waals surface area contributed by atoms with E-state index < -0.39 is 0 Å². The van der Waals surface area contributed by atoms with Gasteiger partial charge in [-0.1, -0.05) is 41.6 Å². The number of rotatable bonds is 5. The Morgan fingerprint density at radius 3 is 2.59 bits per heavy atom. The highest BCUT2D eigenvalue weighted by Crippen LogP contribution is 2.22. The van der Waals surface area contributed by atoms with Crippen molar-refractivity contribution in [3.8, 4) is 5.69 Å². The highest BCUT2D eigenvalue weighted by atomic mass is 32.2. The predicted octanol–water partition coefficient (Wildman–Crippen LogP) is 4.19. The van der Waals surface area contributed by atoms with Crippen molar-refractivity contribution < 1.29 is 4.79 Å². The molecule has 0 saturated carbocycles. The Morgan fingerprint density at radius 2 is 1.86 bits per heavy atom. The van der Waals surface area contributed by atoms with Crippen LogP contribution in [-0.4, -0.2) is 26.2 Å². The molecule has 4 rings (SSSR count). The van der Waals surface area contributed by atoms with Gasteiger partial charge in [-0.15, -0.1) is 11.3 Å². The molecular weight excluding hydrogens is 404 g/mol. The molecule has 1 N–H and O–H groups in total. The first-order chi connectivity index (χ1) is 14.0. The van der Waals surface area contributed by atoms with E-state index in [1.807, 2.05) is 55.6 Å². The monoisotopic (exact) mass is 422 g/mol. The van der Waals surface area contributed by atoms with Gasteiger partial charge in [0.25, 0.3) is 5.56 Å². The standard InChI is InChI=1S/C21H18N4O2S2/c1-13-7-9-15(10-8-13)25-19(27)16-5-3-4-6-17(16)23-21(25)29-12-18(26)24-20-22-14(2)11-28-20/h3-11H,12H2,1-2H3,(H,22,24,26). The Balaban J connectivity index is 1.68. The van der Waals surface area contributed by atoms with E-state index >= 15 is 0 Å². The molecule has 0 fully saturated rings. The zero-order valence-electron chi connectivity index (χ0n) is 15.9. The Kier molecular flexibility index (Phi) is 5.46. The van der Waals surface area contributed by atoms with Crippen molar-refractivity contribution in [3.63, 3.8) is 0 Å². The average molecular weight is 423 g/mol. The van der Waals surface area contributed by atoms with E-state index in [0.29, 0.717) is 21.2 Å². The molecule has 2 heterocycles. The van der Waals surface area contributed by atoms with E-state index in [1.54, 1.807) is 16.7 Å². The molecule has 0 atom stereocenters. The maximum Gasteiger partial charge on any atom is 0.266 e. The minimum absolute atomic E-state index is 0.120. The number of para-hydroxylation sites is 1. The summed E-state index contributed by atoms with van der Waals surface area (Å²) < 4.78 is 1.56. The largest absolute Gasteiger partial charge is 0.301 e. The van der Waals surface area contributed by atoms with Gasteiger partial charge in [-0.2, -0.15) is 0 Å². The molecule has 0 saturated heterocycles. The molecule has 0 unspecified atom stereocenters. The lowest BCUT2D eigenvalue weighted by Crippen LogP contribution is -2.23. The van der Waals surface area contributed by atoms with Crippen molar-refractivity contribution >= 4 is 45.0 Å². The lowest BCUT2D eigenvalue weighted by molar-refractivity contribution is -0.113. The number of anilines is 1. The number of nitrogens with one attached hydrogen (secondary N) is 1. The van der Waals surface area contributed by atoms with Crippen molar-refractivity contribution in [1.82, 2.24) is 14.5 Å². The minimum atomic E-state index is -0.192. The highest BCUT2D eigenvalue weighted by molar-refractivity contribution is 7.99. The lowest BCUT2D eigenvalue weighted by atomic mass is 10.2. The number of carbonyl (C=O) groups excluding carboxylic acids is 1. The fraction of sp³-hybridized carbons (Fsp3) is 0.143. The number of nitrogens with zero attached hydrogens (tertiary/aromatic N) is 3. The van der Waals surface area contributed by atoms with Crippen LogP contribution in [0.25, 0.3) is 16.6 Å². The Morgan fingerprint density at radius 1 is 1.10 bits per heavy atom. The molecule has 4 aromatic rings. The Labute approximate surface area is 175 Å². The Bertz CT molecular complexity index is 1250. The number of thioether (sulfide) groups is 1. The van der Waals surface area contributed by atoms with Crippen LogP contribution in [0.3, 0.4) is 0 Å². The first-order valence-corrected chi connectivity index (χ1v) is 10.8. The second-order valence-corrected chi connectivity index (χ2v) is 8.32. The van der Waals surface area contributed by atoms with Crippen LogP contribution in [0.1, 0.15) is 11.3 Å². The minimum Gasteiger partial charge on any atom is -0.301 e. The summed E-state index contributed by atoms with van der Waals surface area (Å²) in [5.41, 5.74) is 3.14. The van der Waals surface area contributed by atoms with Crippen LogP contribution < -0.4 is 10.9 Å². The van der Waals surface area contributed by atoms with Gasteiger partial charge in [-0.3, -0.25) is 14.2 Å². The third-order valence-electron chi connectivity index (χ3n) is 4.23. The van der Waals surface area contributed by atoms with E-state index in [9.17, 15) is 9.59 Å². The van der Waals surface area contributed by atoms with Crippen LogP contribution in [-0.2, 0) is 4.79 Å². The molecule has 1 amide bonds. The van der Waals surface area contributed by atoms with Gasteiger partial charge in [0, 0.05) is 5.38 Å². The zero-order chi connectivity index (χ0) is 20.4. The van der Waals surface area contributed by atoms with Gasteiger partial charge in [-0.05, 0) is 38.1 Å². The molecule has 0 bridgehead atoms. The summed E-state index contributed by atoms with van der Waals surface area (Å²) in [5, 5.41) is 6.24. The quantitative estimate of drug-likeness (QED) is 0.385. The second kappa shape index (κ2) is 8.18. The van der Waals surface area contributed by atoms with Crippen LogP contribution in [0.2, 0.25) is 0 Å². The summed E-state index contributed by atoms with van der Waals surface area (Å²) in [7, 11) is 0. The maximum atomic E-state index is 13.2. The maximum absolute atomic E-state index is 13.2. The molecular formula is C21H18N4O2S2. The topological polar surface area (TPSA) is 76.9 Å². The van der Waals surface area contributed by atoms with E-state index in [1.165, 1.54) is 23.1 Å². The van der Waals surface area contributed by atoms with Gasteiger partial charge < -0.3 is 5.32 Å². The highest BCUT2D eigenvalue weighted by Gasteiger charge is 2.15. The number of benzene rings is 2. The zero-order valence-corrected chi connectivity index (χ0v) is 17.5. The number of fused-ring (bicyclic) bond motifs is 1. The smallest absolute Gasteiger partial charge is 0.266 e. The lowest BCUT2D eigenvalue weighted by Gasteiger charge is -2.13. The SMILES string of the molecule is Cc1ccc(-n2c(SCC(=O)Nc3nc(C)cs3)nc3ccccc3c2=O)cc1. The predicted molar refractivity (Wildman–Crippen MR) is 118 cm³/mol. The van der Waals surface area contributed by atoms with Crippen LogP contribution >= 0.6 is 23.1 Å². The summed E-state index contributed by atoms with van der Waals surface area (Å²) in [6.45, 7) is 3.87. The van der Waals surface area contributed by atoms with Crippen LogP contribution in [0.4, 0.5) is 5.13 Å². The van der Waals surface area contributed by atoms with E-state index in [4.69, 9.17) is 0 Å². The molecule has 2 aromatic carbocycles. The number of hydrogen-bond donors (Lipinski definition) is 1. The fourth-order valence-electron chi connectivity index (χ4n) is 2.83. The normalized spacial score (nSPS) is 11.0. The number of thiazole rings is 1. The summed E-state index contributed by atoms with van der Waals surface area (Å²) >= 11 is 2.61. The summed E-state index contributed by atoms with van der Waals surface area (Å²) in [5.74, 6) is -0.0721. The van der Waals surface area contributed by atoms with Gasteiger partial charge in [0.1, 0.15) is 0 Å². The molecule has 2 aromatic heterocycles. The summed E-state index contributed by atoms with van der Waals surface area (Å²) in [6.07, 6.45) is 0. The number of amides is 1.